The largest absolute Gasteiger partial charge is 0.368 e. The van der Waals surface area contributed by atoms with Crippen LogP contribution in [0.5, 0.6) is 0 Å². The van der Waals surface area contributed by atoms with Crippen LogP contribution in [0, 0.1) is 0 Å². The predicted octanol–water partition coefficient (Wildman–Crippen LogP) is 0.858. The number of hydrogen-bond acceptors (Lipinski definition) is 2. The Hall–Kier alpha value is -0.830. The van der Waals surface area contributed by atoms with Crippen molar-refractivity contribution in [2.45, 2.75) is 25.9 Å². The van der Waals surface area contributed by atoms with Crippen molar-refractivity contribution in [1.82, 2.24) is 5.32 Å². The van der Waals surface area contributed by atoms with Crippen molar-refractivity contribution in [2.75, 3.05) is 13.2 Å². The van der Waals surface area contributed by atoms with Crippen molar-refractivity contribution in [3.05, 3.63) is 12.2 Å². The number of carbonyl (C=O) groups is 1. The van der Waals surface area contributed by atoms with Crippen molar-refractivity contribution in [3.63, 3.8) is 0 Å². The first kappa shape index (κ1) is 9.26. The average molecular weight is 169 g/mol. The lowest BCUT2D eigenvalue weighted by Gasteiger charge is -2.09. The maximum absolute atomic E-state index is 11.3. The third-order valence-corrected chi connectivity index (χ3v) is 1.79. The van der Waals surface area contributed by atoms with Gasteiger partial charge in [-0.15, -0.1) is 0 Å². The summed E-state index contributed by atoms with van der Waals surface area (Å²) < 4.78 is 5.21. The minimum atomic E-state index is -0.218. The van der Waals surface area contributed by atoms with E-state index in [4.69, 9.17) is 4.74 Å². The second-order valence-electron chi connectivity index (χ2n) is 3.18. The van der Waals surface area contributed by atoms with Crippen molar-refractivity contribution < 1.29 is 9.53 Å². The molecule has 1 saturated heterocycles. The van der Waals surface area contributed by atoms with E-state index in [1.807, 2.05) is 6.92 Å². The number of nitrogens with one attached hydrogen (secondary N) is 1. The smallest absolute Gasteiger partial charge is 0.249 e. The van der Waals surface area contributed by atoms with Gasteiger partial charge in [-0.25, -0.2) is 0 Å². The van der Waals surface area contributed by atoms with E-state index in [0.29, 0.717) is 13.2 Å². The lowest BCUT2D eigenvalue weighted by atomic mass is 10.2. The van der Waals surface area contributed by atoms with Gasteiger partial charge in [0.2, 0.25) is 5.91 Å². The number of ether oxygens (including phenoxy) is 1. The van der Waals surface area contributed by atoms with Crippen molar-refractivity contribution in [1.29, 1.82) is 0 Å². The van der Waals surface area contributed by atoms with Crippen LogP contribution in [0.25, 0.3) is 0 Å². The van der Waals surface area contributed by atoms with Gasteiger partial charge in [-0.2, -0.15) is 0 Å². The zero-order valence-electron chi connectivity index (χ0n) is 7.43. The zero-order chi connectivity index (χ0) is 8.97. The SMILES string of the molecule is C=C(C)CNC(=O)C1CCCO1. The van der Waals surface area contributed by atoms with Crippen LogP contribution < -0.4 is 5.32 Å². The van der Waals surface area contributed by atoms with E-state index in [0.717, 1.165) is 18.4 Å². The molecule has 1 N–H and O–H groups in total. The first-order chi connectivity index (χ1) is 5.70. The van der Waals surface area contributed by atoms with Crippen LogP contribution in [0.1, 0.15) is 19.8 Å². The molecule has 68 valence electrons. The fraction of sp³-hybridized carbons (Fsp3) is 0.667. The van der Waals surface area contributed by atoms with E-state index in [-0.39, 0.29) is 12.0 Å². The van der Waals surface area contributed by atoms with Gasteiger partial charge >= 0.3 is 0 Å². The summed E-state index contributed by atoms with van der Waals surface area (Å²) in [6, 6.07) is 0. The van der Waals surface area contributed by atoms with E-state index in [9.17, 15) is 4.79 Å². The molecule has 12 heavy (non-hydrogen) atoms. The molecule has 1 aliphatic heterocycles. The topological polar surface area (TPSA) is 38.3 Å². The Balaban J connectivity index is 2.23. The van der Waals surface area contributed by atoms with Gasteiger partial charge in [0.05, 0.1) is 0 Å². The fourth-order valence-electron chi connectivity index (χ4n) is 1.14. The Kier molecular flexibility index (Phi) is 3.29. The van der Waals surface area contributed by atoms with Gasteiger partial charge in [0.1, 0.15) is 6.10 Å². The van der Waals surface area contributed by atoms with Crippen LogP contribution in [0.2, 0.25) is 0 Å². The maximum atomic E-state index is 11.3. The van der Waals surface area contributed by atoms with Crippen LogP contribution in [0.4, 0.5) is 0 Å². The Morgan fingerprint density at radius 2 is 2.50 bits per heavy atom. The molecule has 1 unspecified atom stereocenters. The molecule has 1 aliphatic rings. The number of hydrogen-bond donors (Lipinski definition) is 1. The van der Waals surface area contributed by atoms with Gasteiger partial charge in [0, 0.05) is 13.2 Å². The van der Waals surface area contributed by atoms with Crippen LogP contribution in [0.3, 0.4) is 0 Å². The number of rotatable bonds is 3. The third-order valence-electron chi connectivity index (χ3n) is 1.79. The number of carbonyl (C=O) groups excluding carboxylic acids is 1. The minimum Gasteiger partial charge on any atom is -0.368 e. The first-order valence-electron chi connectivity index (χ1n) is 4.24. The van der Waals surface area contributed by atoms with Gasteiger partial charge in [0.15, 0.2) is 0 Å². The molecular weight excluding hydrogens is 154 g/mol. The van der Waals surface area contributed by atoms with Crippen LogP contribution >= 0.6 is 0 Å². The molecule has 3 heteroatoms. The molecule has 1 rings (SSSR count). The number of amides is 1. The monoisotopic (exact) mass is 169 g/mol. The highest BCUT2D eigenvalue weighted by atomic mass is 16.5. The Morgan fingerprint density at radius 1 is 1.75 bits per heavy atom. The fourth-order valence-corrected chi connectivity index (χ4v) is 1.14. The lowest BCUT2D eigenvalue weighted by molar-refractivity contribution is -0.129. The predicted molar refractivity (Wildman–Crippen MR) is 46.8 cm³/mol. The standard InChI is InChI=1S/C9H15NO2/c1-7(2)6-10-9(11)8-4-3-5-12-8/h8H,1,3-6H2,2H3,(H,10,11). The molecule has 0 saturated carbocycles. The Labute approximate surface area is 72.8 Å². The Morgan fingerprint density at radius 3 is 3.00 bits per heavy atom. The van der Waals surface area contributed by atoms with E-state index < -0.39 is 0 Å². The molecule has 0 aliphatic carbocycles. The van der Waals surface area contributed by atoms with Crippen molar-refractivity contribution in [2.24, 2.45) is 0 Å². The molecule has 1 atom stereocenters. The van der Waals surface area contributed by atoms with Crippen molar-refractivity contribution in [3.8, 4) is 0 Å². The summed E-state index contributed by atoms with van der Waals surface area (Å²) in [4.78, 5) is 11.3. The first-order valence-corrected chi connectivity index (χ1v) is 4.24. The summed E-state index contributed by atoms with van der Waals surface area (Å²) in [6.45, 7) is 6.85. The van der Waals surface area contributed by atoms with E-state index in [1.54, 1.807) is 0 Å². The molecule has 0 aromatic heterocycles. The molecule has 3 nitrogen and oxygen atoms in total. The third kappa shape index (κ3) is 2.66. The summed E-state index contributed by atoms with van der Waals surface area (Å²) >= 11 is 0. The summed E-state index contributed by atoms with van der Waals surface area (Å²) in [5.74, 6) is -0.00417. The molecule has 1 heterocycles. The van der Waals surface area contributed by atoms with E-state index >= 15 is 0 Å². The van der Waals surface area contributed by atoms with E-state index in [1.165, 1.54) is 0 Å². The highest BCUT2D eigenvalue weighted by molar-refractivity contribution is 5.81. The minimum absolute atomic E-state index is 0.00417. The second-order valence-corrected chi connectivity index (χ2v) is 3.18. The zero-order valence-corrected chi connectivity index (χ0v) is 7.43. The second kappa shape index (κ2) is 4.26. The summed E-state index contributed by atoms with van der Waals surface area (Å²) in [6.07, 6.45) is 1.62. The average Bonchev–Trinajstić information content (AvgIpc) is 2.51. The van der Waals surface area contributed by atoms with Crippen molar-refractivity contribution >= 4 is 5.91 Å². The lowest BCUT2D eigenvalue weighted by Crippen LogP contribution is -2.34. The molecule has 1 amide bonds. The molecule has 0 spiro atoms. The highest BCUT2D eigenvalue weighted by Crippen LogP contribution is 2.11. The summed E-state index contributed by atoms with van der Waals surface area (Å²) in [7, 11) is 0. The van der Waals surface area contributed by atoms with E-state index in [2.05, 4.69) is 11.9 Å². The molecule has 1 fully saturated rings. The molecule has 0 radical (unpaired) electrons. The molecule has 0 aromatic carbocycles. The molecular formula is C9H15NO2. The summed E-state index contributed by atoms with van der Waals surface area (Å²) in [5.41, 5.74) is 0.960. The van der Waals surface area contributed by atoms with Gasteiger partial charge in [-0.3, -0.25) is 4.79 Å². The van der Waals surface area contributed by atoms with Crippen LogP contribution in [-0.4, -0.2) is 25.2 Å². The van der Waals surface area contributed by atoms with Crippen LogP contribution in [0.15, 0.2) is 12.2 Å². The molecule has 0 aromatic rings. The van der Waals surface area contributed by atoms with Crippen LogP contribution in [-0.2, 0) is 9.53 Å². The maximum Gasteiger partial charge on any atom is 0.249 e. The normalized spacial score (nSPS) is 22.2. The van der Waals surface area contributed by atoms with Gasteiger partial charge < -0.3 is 10.1 Å². The summed E-state index contributed by atoms with van der Waals surface area (Å²) in [5, 5.41) is 2.76. The van der Waals surface area contributed by atoms with Gasteiger partial charge in [0.25, 0.3) is 0 Å². The van der Waals surface area contributed by atoms with Gasteiger partial charge in [-0.05, 0) is 19.8 Å². The quantitative estimate of drug-likeness (QED) is 0.636. The molecule has 0 bridgehead atoms. The highest BCUT2D eigenvalue weighted by Gasteiger charge is 2.22. The van der Waals surface area contributed by atoms with Gasteiger partial charge in [-0.1, -0.05) is 12.2 Å². The Bertz CT molecular complexity index is 183.